The van der Waals surface area contributed by atoms with Crippen LogP contribution >= 0.6 is 7.82 Å². The average Bonchev–Trinajstić information content (AvgIpc) is 3.07. The summed E-state index contributed by atoms with van der Waals surface area (Å²) in [6.07, 6.45) is -0.582. The van der Waals surface area contributed by atoms with Gasteiger partial charge in [0.2, 0.25) is 0 Å². The minimum absolute atomic E-state index is 0.0605. The molecule has 1 fully saturated rings. The minimum atomic E-state index is -4.81. The number of phosphoric acid groups is 1. The van der Waals surface area contributed by atoms with E-state index >= 15 is 0 Å². The van der Waals surface area contributed by atoms with Crippen molar-refractivity contribution in [2.24, 2.45) is 0 Å². The molecule has 13 nitrogen and oxygen atoms in total. The predicted octanol–water partition coefficient (Wildman–Crippen LogP) is -1.28. The summed E-state index contributed by atoms with van der Waals surface area (Å²) in [5, 5.41) is 2.80. The molecule has 1 aliphatic heterocycles. The summed E-state index contributed by atoms with van der Waals surface area (Å²) in [5.41, 5.74) is -2.72. The molecule has 0 bridgehead atoms. The van der Waals surface area contributed by atoms with Crippen molar-refractivity contribution in [3.05, 3.63) is 53.0 Å². The largest absolute Gasteiger partial charge is 0.488 e. The molecular weight excluding hydrogens is 425 g/mol. The quantitative estimate of drug-likeness (QED) is 0.280. The lowest BCUT2D eigenvalue weighted by Crippen LogP contribution is -2.41. The van der Waals surface area contributed by atoms with Gasteiger partial charge < -0.3 is 24.6 Å². The topological polar surface area (TPSA) is 186 Å². The SMILES string of the molecule is CCOc1c(N[C@H]2C[C@H](n3cc(C)c(=O)[nH]c3=O)O[C@@H]2COP(=O)(O)O)c(=O)c1=O. The number of anilines is 1. The molecule has 1 saturated heterocycles. The van der Waals surface area contributed by atoms with Crippen LogP contribution in [-0.4, -0.2) is 44.7 Å². The zero-order chi connectivity index (χ0) is 22.2. The van der Waals surface area contributed by atoms with Crippen molar-refractivity contribution >= 4 is 13.5 Å². The van der Waals surface area contributed by atoms with Gasteiger partial charge in [0.1, 0.15) is 18.0 Å². The lowest BCUT2D eigenvalue weighted by molar-refractivity contribution is -0.0259. The van der Waals surface area contributed by atoms with Gasteiger partial charge in [-0.3, -0.25) is 28.5 Å². The number of ether oxygens (including phenoxy) is 2. The van der Waals surface area contributed by atoms with Gasteiger partial charge in [0, 0.05) is 18.2 Å². The van der Waals surface area contributed by atoms with Crippen molar-refractivity contribution < 1.29 is 28.3 Å². The summed E-state index contributed by atoms with van der Waals surface area (Å²) in [5.74, 6) is -0.141. The van der Waals surface area contributed by atoms with Crippen LogP contribution < -0.4 is 32.2 Å². The van der Waals surface area contributed by atoms with E-state index in [9.17, 15) is 23.7 Å². The van der Waals surface area contributed by atoms with E-state index in [1.807, 2.05) is 0 Å². The molecule has 1 aliphatic rings. The minimum Gasteiger partial charge on any atom is -0.488 e. The van der Waals surface area contributed by atoms with Crippen LogP contribution in [0.25, 0.3) is 0 Å². The Balaban J connectivity index is 1.88. The van der Waals surface area contributed by atoms with Crippen LogP contribution in [0.15, 0.2) is 25.4 Å². The summed E-state index contributed by atoms with van der Waals surface area (Å²) >= 11 is 0. The first-order valence-corrected chi connectivity index (χ1v) is 10.4. The summed E-state index contributed by atoms with van der Waals surface area (Å²) in [4.78, 5) is 67.4. The van der Waals surface area contributed by atoms with E-state index in [2.05, 4.69) is 14.8 Å². The number of aromatic nitrogens is 2. The third-order valence-electron chi connectivity index (χ3n) is 4.58. The summed E-state index contributed by atoms with van der Waals surface area (Å²) < 4.78 is 27.6. The Labute approximate surface area is 168 Å². The van der Waals surface area contributed by atoms with Gasteiger partial charge in [0.25, 0.3) is 16.4 Å². The lowest BCUT2D eigenvalue weighted by Gasteiger charge is -2.22. The Morgan fingerprint density at radius 3 is 2.63 bits per heavy atom. The molecule has 0 saturated carbocycles. The highest BCUT2D eigenvalue weighted by Gasteiger charge is 2.40. The van der Waals surface area contributed by atoms with E-state index < -0.39 is 54.9 Å². The molecule has 3 atom stereocenters. The van der Waals surface area contributed by atoms with E-state index in [4.69, 9.17) is 19.3 Å². The van der Waals surface area contributed by atoms with Crippen LogP contribution in [0, 0.1) is 6.92 Å². The number of H-pyrrole nitrogens is 1. The Kier molecular flexibility index (Phi) is 6.11. The Hall–Kier alpha value is -2.57. The number of nitrogens with one attached hydrogen (secondary N) is 2. The molecule has 0 radical (unpaired) electrons. The smallest absolute Gasteiger partial charge is 0.469 e. The maximum absolute atomic E-state index is 12.2. The highest BCUT2D eigenvalue weighted by atomic mass is 31.2. The zero-order valence-electron chi connectivity index (χ0n) is 16.0. The fourth-order valence-electron chi connectivity index (χ4n) is 3.15. The molecule has 0 spiro atoms. The third kappa shape index (κ3) is 4.45. The van der Waals surface area contributed by atoms with E-state index in [0.717, 1.165) is 4.57 Å². The van der Waals surface area contributed by atoms with Crippen molar-refractivity contribution in [1.82, 2.24) is 9.55 Å². The predicted molar refractivity (Wildman–Crippen MR) is 103 cm³/mol. The second-order valence-corrected chi connectivity index (χ2v) is 7.92. The first-order valence-electron chi connectivity index (χ1n) is 8.92. The van der Waals surface area contributed by atoms with Gasteiger partial charge in [0.05, 0.1) is 19.3 Å². The highest BCUT2D eigenvalue weighted by Crippen LogP contribution is 2.38. The summed E-state index contributed by atoms with van der Waals surface area (Å²) in [6, 6.07) is -0.761. The van der Waals surface area contributed by atoms with Gasteiger partial charge in [-0.25, -0.2) is 9.36 Å². The Morgan fingerprint density at radius 1 is 1.30 bits per heavy atom. The molecule has 3 rings (SSSR count). The molecule has 4 N–H and O–H groups in total. The molecule has 2 heterocycles. The van der Waals surface area contributed by atoms with E-state index in [0.29, 0.717) is 0 Å². The fourth-order valence-corrected chi connectivity index (χ4v) is 3.49. The number of aromatic amines is 1. The van der Waals surface area contributed by atoms with Gasteiger partial charge in [-0.05, 0) is 13.8 Å². The number of phosphoric ester groups is 1. The van der Waals surface area contributed by atoms with Crippen LogP contribution in [0.2, 0.25) is 0 Å². The molecule has 0 unspecified atom stereocenters. The first-order chi connectivity index (χ1) is 14.0. The van der Waals surface area contributed by atoms with Gasteiger partial charge >= 0.3 is 13.5 Å². The van der Waals surface area contributed by atoms with E-state index in [1.165, 1.54) is 13.1 Å². The van der Waals surface area contributed by atoms with Crippen LogP contribution in [0.4, 0.5) is 5.69 Å². The molecule has 0 amide bonds. The lowest BCUT2D eigenvalue weighted by atomic mass is 10.1. The second kappa shape index (κ2) is 8.28. The summed E-state index contributed by atoms with van der Waals surface area (Å²) in [7, 11) is -4.81. The number of rotatable bonds is 8. The van der Waals surface area contributed by atoms with Crippen molar-refractivity contribution in [2.75, 3.05) is 18.5 Å². The van der Waals surface area contributed by atoms with Gasteiger partial charge in [-0.2, -0.15) is 0 Å². The number of hydrogen-bond acceptors (Lipinski definition) is 9. The molecule has 164 valence electrons. The molecule has 30 heavy (non-hydrogen) atoms. The average molecular weight is 445 g/mol. The van der Waals surface area contributed by atoms with Gasteiger partial charge in [-0.15, -0.1) is 0 Å². The summed E-state index contributed by atoms with van der Waals surface area (Å²) in [6.45, 7) is 2.72. The van der Waals surface area contributed by atoms with Crippen LogP contribution in [0.1, 0.15) is 25.1 Å². The number of nitrogens with zero attached hydrogens (tertiary/aromatic N) is 1. The van der Waals surface area contributed by atoms with E-state index in [-0.39, 0.29) is 30.0 Å². The maximum Gasteiger partial charge on any atom is 0.469 e. The number of aryl methyl sites for hydroxylation is 1. The molecule has 1 aromatic heterocycles. The zero-order valence-corrected chi connectivity index (χ0v) is 16.9. The maximum atomic E-state index is 12.2. The fraction of sp³-hybridized carbons (Fsp3) is 0.500. The Morgan fingerprint density at radius 2 is 2.00 bits per heavy atom. The van der Waals surface area contributed by atoms with Gasteiger partial charge in [0.15, 0.2) is 5.75 Å². The molecule has 2 aromatic rings. The molecule has 0 aliphatic carbocycles. The standard InChI is InChI=1S/C16H20N3O10P/c1-3-27-14-11(12(20)13(14)21)17-8-4-10(29-9(8)6-28-30(24,25)26)19-5-7(2)15(22)18-16(19)23/h5,8-10,17H,3-4,6H2,1-2H3,(H,18,22,23)(H2,24,25,26)/t8-,9+,10+/m0/s1. The normalized spacial score (nSPS) is 21.8. The van der Waals surface area contributed by atoms with Crippen LogP contribution in [0.3, 0.4) is 0 Å². The molecule has 14 heteroatoms. The Bertz CT molecular complexity index is 1170. The third-order valence-corrected chi connectivity index (χ3v) is 5.07. The highest BCUT2D eigenvalue weighted by molar-refractivity contribution is 7.46. The molecule has 1 aromatic carbocycles. The first kappa shape index (κ1) is 22.1. The van der Waals surface area contributed by atoms with E-state index in [1.54, 1.807) is 6.92 Å². The monoisotopic (exact) mass is 445 g/mol. The number of hydrogen-bond donors (Lipinski definition) is 4. The van der Waals surface area contributed by atoms with Crippen molar-refractivity contribution in [3.63, 3.8) is 0 Å². The van der Waals surface area contributed by atoms with Crippen LogP contribution in [0.5, 0.6) is 5.75 Å². The van der Waals surface area contributed by atoms with Crippen molar-refractivity contribution in [1.29, 1.82) is 0 Å². The molecular formula is C16H20N3O10P. The van der Waals surface area contributed by atoms with Gasteiger partial charge in [-0.1, -0.05) is 0 Å². The van der Waals surface area contributed by atoms with Crippen molar-refractivity contribution in [3.8, 4) is 5.75 Å². The van der Waals surface area contributed by atoms with Crippen LogP contribution in [-0.2, 0) is 13.8 Å². The second-order valence-electron chi connectivity index (χ2n) is 6.68. The van der Waals surface area contributed by atoms with Crippen molar-refractivity contribution in [2.45, 2.75) is 38.6 Å².